The molecule has 0 spiro atoms. The van der Waals surface area contributed by atoms with Gasteiger partial charge in [0, 0.05) is 18.9 Å². The van der Waals surface area contributed by atoms with Gasteiger partial charge in [-0.05, 0) is 36.2 Å². The van der Waals surface area contributed by atoms with Gasteiger partial charge in [0.05, 0.1) is 11.1 Å². The maximum absolute atomic E-state index is 13.3. The first-order valence-electron chi connectivity index (χ1n) is 8.91. The van der Waals surface area contributed by atoms with E-state index in [2.05, 4.69) is 5.32 Å². The molecule has 0 saturated heterocycles. The van der Waals surface area contributed by atoms with E-state index in [0.717, 1.165) is 11.9 Å². The SMILES string of the molecule is CCCC(=O)Nc1c(-c2ccc3c(c2)OCO3)c(=O)c2ccccc2n1C. The number of pyridine rings is 1. The summed E-state index contributed by atoms with van der Waals surface area (Å²) in [4.78, 5) is 25.6. The topological polar surface area (TPSA) is 69.6 Å². The van der Waals surface area contributed by atoms with Crippen molar-refractivity contribution in [3.8, 4) is 22.6 Å². The summed E-state index contributed by atoms with van der Waals surface area (Å²) in [7, 11) is 1.85. The molecule has 138 valence electrons. The van der Waals surface area contributed by atoms with Crippen molar-refractivity contribution >= 4 is 22.6 Å². The van der Waals surface area contributed by atoms with E-state index >= 15 is 0 Å². The lowest BCUT2D eigenvalue weighted by molar-refractivity contribution is -0.116. The highest BCUT2D eigenvalue weighted by Crippen LogP contribution is 2.37. The zero-order valence-corrected chi connectivity index (χ0v) is 15.2. The summed E-state index contributed by atoms with van der Waals surface area (Å²) in [6, 6.07) is 12.8. The Labute approximate surface area is 156 Å². The highest BCUT2D eigenvalue weighted by Gasteiger charge is 2.21. The predicted molar refractivity (Wildman–Crippen MR) is 104 cm³/mol. The summed E-state index contributed by atoms with van der Waals surface area (Å²) in [5.41, 5.74) is 1.75. The monoisotopic (exact) mass is 364 g/mol. The molecule has 1 aromatic heterocycles. The van der Waals surface area contributed by atoms with Crippen LogP contribution in [0.4, 0.5) is 5.82 Å². The number of carbonyl (C=O) groups is 1. The van der Waals surface area contributed by atoms with E-state index in [0.29, 0.717) is 40.3 Å². The molecule has 6 nitrogen and oxygen atoms in total. The zero-order valence-electron chi connectivity index (χ0n) is 15.2. The second kappa shape index (κ2) is 6.79. The molecule has 0 radical (unpaired) electrons. The minimum absolute atomic E-state index is 0.121. The van der Waals surface area contributed by atoms with E-state index in [1.807, 2.05) is 42.8 Å². The minimum atomic E-state index is -0.130. The van der Waals surface area contributed by atoms with Crippen LogP contribution >= 0.6 is 0 Å². The summed E-state index contributed by atoms with van der Waals surface area (Å²) in [5, 5.41) is 3.53. The predicted octanol–water partition coefficient (Wildman–Crippen LogP) is 3.67. The average molecular weight is 364 g/mol. The Morgan fingerprint density at radius 1 is 1.15 bits per heavy atom. The number of fused-ring (bicyclic) bond motifs is 2. The molecule has 0 aliphatic carbocycles. The van der Waals surface area contributed by atoms with Crippen molar-refractivity contribution < 1.29 is 14.3 Å². The first-order chi connectivity index (χ1) is 13.1. The highest BCUT2D eigenvalue weighted by molar-refractivity contribution is 5.98. The molecule has 1 N–H and O–H groups in total. The Kier molecular flexibility index (Phi) is 4.32. The third kappa shape index (κ3) is 2.93. The van der Waals surface area contributed by atoms with Crippen molar-refractivity contribution in [3.05, 3.63) is 52.7 Å². The number of rotatable bonds is 4. The fraction of sp³-hybridized carbons (Fsp3) is 0.238. The molecule has 0 bridgehead atoms. The van der Waals surface area contributed by atoms with Gasteiger partial charge in [-0.15, -0.1) is 0 Å². The van der Waals surface area contributed by atoms with Crippen LogP contribution in [0.2, 0.25) is 0 Å². The molecule has 2 heterocycles. The fourth-order valence-corrected chi connectivity index (χ4v) is 3.38. The number of aromatic nitrogens is 1. The lowest BCUT2D eigenvalue weighted by Crippen LogP contribution is -2.21. The van der Waals surface area contributed by atoms with Gasteiger partial charge < -0.3 is 19.4 Å². The Morgan fingerprint density at radius 2 is 1.93 bits per heavy atom. The van der Waals surface area contributed by atoms with Gasteiger partial charge in [-0.3, -0.25) is 9.59 Å². The Bertz CT molecular complexity index is 1100. The van der Waals surface area contributed by atoms with Crippen molar-refractivity contribution in [3.63, 3.8) is 0 Å². The molecule has 0 atom stereocenters. The standard InChI is InChI=1S/C21H20N2O4/c1-3-6-18(24)22-21-19(13-9-10-16-17(11-13)27-12-26-16)20(25)14-7-4-5-8-15(14)23(21)2/h4-5,7-11H,3,6,12H2,1-2H3,(H,22,24). The molecule has 2 aromatic carbocycles. The lowest BCUT2D eigenvalue weighted by atomic mass is 10.0. The van der Waals surface area contributed by atoms with Gasteiger partial charge in [0.1, 0.15) is 5.82 Å². The first-order valence-corrected chi connectivity index (χ1v) is 8.91. The van der Waals surface area contributed by atoms with Crippen LogP contribution in [-0.2, 0) is 11.8 Å². The molecule has 1 amide bonds. The van der Waals surface area contributed by atoms with Crippen LogP contribution in [0.25, 0.3) is 22.0 Å². The summed E-state index contributed by atoms with van der Waals surface area (Å²) in [5.74, 6) is 1.60. The van der Waals surface area contributed by atoms with Crippen LogP contribution in [0.1, 0.15) is 19.8 Å². The summed E-state index contributed by atoms with van der Waals surface area (Å²) in [6.45, 7) is 2.10. The van der Waals surface area contributed by atoms with E-state index in [-0.39, 0.29) is 18.1 Å². The molecule has 6 heteroatoms. The van der Waals surface area contributed by atoms with Crippen LogP contribution in [-0.4, -0.2) is 17.3 Å². The summed E-state index contributed by atoms with van der Waals surface area (Å²) >= 11 is 0. The number of aryl methyl sites for hydroxylation is 1. The lowest BCUT2D eigenvalue weighted by Gasteiger charge is -2.18. The van der Waals surface area contributed by atoms with E-state index in [1.165, 1.54) is 0 Å². The highest BCUT2D eigenvalue weighted by atomic mass is 16.7. The van der Waals surface area contributed by atoms with Crippen molar-refractivity contribution in [2.45, 2.75) is 19.8 Å². The van der Waals surface area contributed by atoms with Crippen LogP contribution in [0.3, 0.4) is 0 Å². The number of para-hydroxylation sites is 1. The number of anilines is 1. The number of amides is 1. The largest absolute Gasteiger partial charge is 0.454 e. The van der Waals surface area contributed by atoms with E-state index in [4.69, 9.17) is 9.47 Å². The number of nitrogens with zero attached hydrogens (tertiary/aromatic N) is 1. The molecular formula is C21H20N2O4. The van der Waals surface area contributed by atoms with Gasteiger partial charge in [0.2, 0.25) is 12.7 Å². The molecule has 0 unspecified atom stereocenters. The smallest absolute Gasteiger partial charge is 0.231 e. The summed E-state index contributed by atoms with van der Waals surface area (Å²) < 4.78 is 12.7. The van der Waals surface area contributed by atoms with Gasteiger partial charge in [0.15, 0.2) is 16.9 Å². The molecule has 1 aliphatic heterocycles. The number of benzene rings is 2. The Morgan fingerprint density at radius 3 is 2.74 bits per heavy atom. The van der Waals surface area contributed by atoms with Crippen molar-refractivity contribution in [2.24, 2.45) is 7.05 Å². The number of ether oxygens (including phenoxy) is 2. The van der Waals surface area contributed by atoms with Gasteiger partial charge in [-0.25, -0.2) is 0 Å². The molecule has 0 fully saturated rings. The number of hydrogen-bond acceptors (Lipinski definition) is 4. The van der Waals surface area contributed by atoms with Gasteiger partial charge in [-0.1, -0.05) is 25.1 Å². The van der Waals surface area contributed by atoms with E-state index < -0.39 is 0 Å². The number of hydrogen-bond donors (Lipinski definition) is 1. The summed E-state index contributed by atoms with van der Waals surface area (Å²) in [6.07, 6.45) is 1.12. The first kappa shape index (κ1) is 17.1. The molecule has 27 heavy (non-hydrogen) atoms. The third-order valence-electron chi connectivity index (χ3n) is 4.71. The fourth-order valence-electron chi connectivity index (χ4n) is 3.38. The van der Waals surface area contributed by atoms with E-state index in [9.17, 15) is 9.59 Å². The van der Waals surface area contributed by atoms with Gasteiger partial charge in [0.25, 0.3) is 0 Å². The van der Waals surface area contributed by atoms with E-state index in [1.54, 1.807) is 18.2 Å². The molecule has 1 aliphatic rings. The van der Waals surface area contributed by atoms with Crippen LogP contribution in [0.5, 0.6) is 11.5 Å². The van der Waals surface area contributed by atoms with Crippen LogP contribution in [0.15, 0.2) is 47.3 Å². The van der Waals surface area contributed by atoms with Gasteiger partial charge >= 0.3 is 0 Å². The van der Waals surface area contributed by atoms with Crippen molar-refractivity contribution in [1.82, 2.24) is 4.57 Å². The average Bonchev–Trinajstić information content (AvgIpc) is 3.14. The number of nitrogens with one attached hydrogen (secondary N) is 1. The number of carbonyl (C=O) groups excluding carboxylic acids is 1. The minimum Gasteiger partial charge on any atom is -0.454 e. The third-order valence-corrected chi connectivity index (χ3v) is 4.71. The zero-order chi connectivity index (χ0) is 19.0. The molecule has 0 saturated carbocycles. The normalized spacial score (nSPS) is 12.4. The molecular weight excluding hydrogens is 344 g/mol. The maximum atomic E-state index is 13.3. The second-order valence-electron chi connectivity index (χ2n) is 6.50. The molecule has 3 aromatic rings. The van der Waals surface area contributed by atoms with Crippen molar-refractivity contribution in [1.29, 1.82) is 0 Å². The Hall–Kier alpha value is -3.28. The van der Waals surface area contributed by atoms with Gasteiger partial charge in [-0.2, -0.15) is 0 Å². The Balaban J connectivity index is 1.98. The van der Waals surface area contributed by atoms with Crippen molar-refractivity contribution in [2.75, 3.05) is 12.1 Å². The molecule has 4 rings (SSSR count). The van der Waals surface area contributed by atoms with Crippen LogP contribution < -0.4 is 20.2 Å². The second-order valence-corrected chi connectivity index (χ2v) is 6.50. The van der Waals surface area contributed by atoms with Crippen LogP contribution in [0, 0.1) is 0 Å². The quantitative estimate of drug-likeness (QED) is 0.767. The maximum Gasteiger partial charge on any atom is 0.231 e.